The molecule has 0 spiro atoms. The summed E-state index contributed by atoms with van der Waals surface area (Å²) in [4.78, 5) is 2.53. The molecule has 1 fully saturated rings. The van der Waals surface area contributed by atoms with E-state index in [1.54, 1.807) is 0 Å². The molecule has 1 saturated heterocycles. The third kappa shape index (κ3) is 3.62. The summed E-state index contributed by atoms with van der Waals surface area (Å²) in [5.74, 6) is 0. The number of nitrogen functional groups attached to an aromatic ring is 1. The van der Waals surface area contributed by atoms with Gasteiger partial charge in [-0.1, -0.05) is 0 Å². The summed E-state index contributed by atoms with van der Waals surface area (Å²) in [6.07, 6.45) is 2.28. The molecule has 1 heterocycles. The van der Waals surface area contributed by atoms with E-state index in [4.69, 9.17) is 5.73 Å². The lowest BCUT2D eigenvalue weighted by molar-refractivity contribution is 0.238. The van der Waals surface area contributed by atoms with E-state index in [0.717, 1.165) is 25.2 Å². The van der Waals surface area contributed by atoms with Crippen LogP contribution < -0.4 is 16.4 Å². The molecule has 1 aliphatic rings. The summed E-state index contributed by atoms with van der Waals surface area (Å²) in [6, 6.07) is 6.10. The van der Waals surface area contributed by atoms with Crippen molar-refractivity contribution >= 4 is 11.4 Å². The predicted octanol–water partition coefficient (Wildman–Crippen LogP) is 1.15. The minimum atomic E-state index is 0.853. The van der Waals surface area contributed by atoms with Crippen molar-refractivity contribution in [3.8, 4) is 0 Å². The van der Waals surface area contributed by atoms with Gasteiger partial charge in [-0.25, -0.2) is 0 Å². The first-order valence-electron chi connectivity index (χ1n) is 6.79. The average molecular weight is 248 g/mol. The first kappa shape index (κ1) is 13.2. The molecule has 4 nitrogen and oxygen atoms in total. The van der Waals surface area contributed by atoms with Crippen molar-refractivity contribution in [3.63, 3.8) is 0 Å². The molecule has 2 rings (SSSR count). The topological polar surface area (TPSA) is 53.3 Å². The fourth-order valence-corrected chi connectivity index (χ4v) is 2.49. The second-order valence-electron chi connectivity index (χ2n) is 4.86. The number of nitrogens with zero attached hydrogens (tertiary/aromatic N) is 1. The predicted molar refractivity (Wildman–Crippen MR) is 78.0 cm³/mol. The highest BCUT2D eigenvalue weighted by atomic mass is 15.2. The Labute approximate surface area is 110 Å². The number of aryl methyl sites for hydroxylation is 1. The van der Waals surface area contributed by atoms with Crippen LogP contribution >= 0.6 is 0 Å². The Morgan fingerprint density at radius 1 is 1.33 bits per heavy atom. The molecule has 4 heteroatoms. The molecule has 0 bridgehead atoms. The zero-order valence-electron chi connectivity index (χ0n) is 11.2. The fourth-order valence-electron chi connectivity index (χ4n) is 2.49. The Hall–Kier alpha value is -1.26. The van der Waals surface area contributed by atoms with Crippen LogP contribution in [0.15, 0.2) is 18.2 Å². The van der Waals surface area contributed by atoms with Gasteiger partial charge in [0.15, 0.2) is 0 Å². The number of piperazine rings is 1. The van der Waals surface area contributed by atoms with Crippen molar-refractivity contribution < 1.29 is 0 Å². The van der Waals surface area contributed by atoms with E-state index in [1.807, 2.05) is 13.1 Å². The van der Waals surface area contributed by atoms with Crippen LogP contribution in [0.4, 0.5) is 11.4 Å². The van der Waals surface area contributed by atoms with Gasteiger partial charge in [-0.3, -0.25) is 0 Å². The Bertz CT molecular complexity index is 372. The van der Waals surface area contributed by atoms with Gasteiger partial charge in [0.05, 0.1) is 0 Å². The third-order valence-corrected chi connectivity index (χ3v) is 3.53. The van der Waals surface area contributed by atoms with Gasteiger partial charge in [0.1, 0.15) is 0 Å². The standard InChI is InChI=1S/C14H24N4/c1-16-14-5-4-13(15)11-12(14)3-2-8-18-9-6-17-7-10-18/h4-5,11,16-17H,2-3,6-10,15H2,1H3. The minimum absolute atomic E-state index is 0.853. The zero-order chi connectivity index (χ0) is 12.8. The van der Waals surface area contributed by atoms with Crippen LogP contribution in [-0.4, -0.2) is 44.7 Å². The van der Waals surface area contributed by atoms with Crippen LogP contribution in [0.25, 0.3) is 0 Å². The normalized spacial score (nSPS) is 16.7. The molecule has 0 amide bonds. The number of anilines is 2. The van der Waals surface area contributed by atoms with Gasteiger partial charge < -0.3 is 21.3 Å². The third-order valence-electron chi connectivity index (χ3n) is 3.53. The Morgan fingerprint density at radius 2 is 2.11 bits per heavy atom. The Kier molecular flexibility index (Phi) is 4.84. The number of nitrogens with two attached hydrogens (primary N) is 1. The molecule has 1 aromatic carbocycles. The van der Waals surface area contributed by atoms with E-state index in [9.17, 15) is 0 Å². The van der Waals surface area contributed by atoms with Crippen molar-refractivity contribution in [1.29, 1.82) is 0 Å². The lowest BCUT2D eigenvalue weighted by Crippen LogP contribution is -2.43. The highest BCUT2D eigenvalue weighted by Gasteiger charge is 2.09. The van der Waals surface area contributed by atoms with Crippen LogP contribution in [0.3, 0.4) is 0 Å². The second-order valence-corrected chi connectivity index (χ2v) is 4.86. The maximum absolute atomic E-state index is 5.85. The van der Waals surface area contributed by atoms with Crippen molar-refractivity contribution in [2.75, 3.05) is 50.8 Å². The average Bonchev–Trinajstić information content (AvgIpc) is 2.40. The zero-order valence-corrected chi connectivity index (χ0v) is 11.2. The molecule has 0 saturated carbocycles. The second kappa shape index (κ2) is 6.61. The molecular weight excluding hydrogens is 224 g/mol. The van der Waals surface area contributed by atoms with Crippen LogP contribution in [0.2, 0.25) is 0 Å². The van der Waals surface area contributed by atoms with Crippen molar-refractivity contribution in [2.45, 2.75) is 12.8 Å². The molecule has 18 heavy (non-hydrogen) atoms. The number of hydrogen-bond donors (Lipinski definition) is 3. The number of benzene rings is 1. The smallest absolute Gasteiger partial charge is 0.0371 e. The van der Waals surface area contributed by atoms with Gasteiger partial charge in [0, 0.05) is 44.6 Å². The lowest BCUT2D eigenvalue weighted by atomic mass is 10.1. The van der Waals surface area contributed by atoms with Crippen LogP contribution in [0, 0.1) is 0 Å². The minimum Gasteiger partial charge on any atom is -0.399 e. The molecule has 1 aliphatic heterocycles. The molecule has 0 aliphatic carbocycles. The number of hydrogen-bond acceptors (Lipinski definition) is 4. The van der Waals surface area contributed by atoms with E-state index in [-0.39, 0.29) is 0 Å². The van der Waals surface area contributed by atoms with Gasteiger partial charge in [0.25, 0.3) is 0 Å². The van der Waals surface area contributed by atoms with Gasteiger partial charge in [-0.15, -0.1) is 0 Å². The van der Waals surface area contributed by atoms with Gasteiger partial charge in [-0.2, -0.15) is 0 Å². The number of nitrogens with one attached hydrogen (secondary N) is 2. The fraction of sp³-hybridized carbons (Fsp3) is 0.571. The van der Waals surface area contributed by atoms with Gasteiger partial charge >= 0.3 is 0 Å². The molecule has 0 atom stereocenters. The maximum atomic E-state index is 5.85. The van der Waals surface area contributed by atoms with E-state index < -0.39 is 0 Å². The van der Waals surface area contributed by atoms with Crippen molar-refractivity contribution in [2.24, 2.45) is 0 Å². The summed E-state index contributed by atoms with van der Waals surface area (Å²) < 4.78 is 0. The summed E-state index contributed by atoms with van der Waals surface area (Å²) in [5, 5.41) is 6.61. The number of rotatable bonds is 5. The van der Waals surface area contributed by atoms with Crippen molar-refractivity contribution in [3.05, 3.63) is 23.8 Å². The molecule has 0 unspecified atom stereocenters. The lowest BCUT2D eigenvalue weighted by Gasteiger charge is -2.27. The van der Waals surface area contributed by atoms with E-state index in [2.05, 4.69) is 27.7 Å². The first-order chi connectivity index (χ1) is 8.79. The quantitative estimate of drug-likeness (QED) is 0.684. The maximum Gasteiger partial charge on any atom is 0.0371 e. The largest absolute Gasteiger partial charge is 0.399 e. The van der Waals surface area contributed by atoms with Crippen LogP contribution in [-0.2, 0) is 6.42 Å². The first-order valence-corrected chi connectivity index (χ1v) is 6.79. The van der Waals surface area contributed by atoms with E-state index >= 15 is 0 Å². The Morgan fingerprint density at radius 3 is 2.83 bits per heavy atom. The van der Waals surface area contributed by atoms with E-state index in [0.29, 0.717) is 0 Å². The highest BCUT2D eigenvalue weighted by Crippen LogP contribution is 2.20. The SMILES string of the molecule is CNc1ccc(N)cc1CCCN1CCNCC1. The molecule has 4 N–H and O–H groups in total. The molecule has 0 aromatic heterocycles. The summed E-state index contributed by atoms with van der Waals surface area (Å²) in [5.41, 5.74) is 9.23. The van der Waals surface area contributed by atoms with E-state index in [1.165, 1.54) is 37.3 Å². The summed E-state index contributed by atoms with van der Waals surface area (Å²) in [6.45, 7) is 5.78. The van der Waals surface area contributed by atoms with Crippen LogP contribution in [0.5, 0.6) is 0 Å². The van der Waals surface area contributed by atoms with Crippen LogP contribution in [0.1, 0.15) is 12.0 Å². The molecular formula is C14H24N4. The highest BCUT2D eigenvalue weighted by molar-refractivity contribution is 5.57. The molecule has 1 aromatic rings. The molecule has 0 radical (unpaired) electrons. The monoisotopic (exact) mass is 248 g/mol. The van der Waals surface area contributed by atoms with Gasteiger partial charge in [-0.05, 0) is 43.1 Å². The summed E-state index contributed by atoms with van der Waals surface area (Å²) in [7, 11) is 1.96. The Balaban J connectivity index is 1.83. The van der Waals surface area contributed by atoms with Crippen molar-refractivity contribution in [1.82, 2.24) is 10.2 Å². The summed E-state index contributed by atoms with van der Waals surface area (Å²) >= 11 is 0. The van der Waals surface area contributed by atoms with Gasteiger partial charge in [0.2, 0.25) is 0 Å². The molecule has 100 valence electrons.